The second kappa shape index (κ2) is 48.8. The molecule has 472 valence electrons. The number of aliphatic hydroxyl groups is 1. The zero-order valence-corrected chi connectivity index (χ0v) is 53.8. The maximum Gasteiger partial charge on any atom is 0.329 e. The van der Waals surface area contributed by atoms with E-state index in [9.17, 15) is 48.3 Å². The van der Waals surface area contributed by atoms with Gasteiger partial charge in [0.2, 0.25) is 29.5 Å². The van der Waals surface area contributed by atoms with Gasteiger partial charge in [-0.2, -0.15) is 23.5 Å². The first kappa shape index (κ1) is 76.6. The van der Waals surface area contributed by atoms with Gasteiger partial charge in [-0.3, -0.25) is 43.3 Å². The Labute approximate surface area is 510 Å². The molecule has 83 heavy (non-hydrogen) atoms. The van der Waals surface area contributed by atoms with E-state index < -0.39 is 72.3 Å². The Balaban J connectivity index is 3.18. The third kappa shape index (κ3) is 37.6. The number of hydrogen-bond donors (Lipinski definition) is 7. The van der Waals surface area contributed by atoms with E-state index in [-0.39, 0.29) is 60.7 Å². The van der Waals surface area contributed by atoms with Crippen molar-refractivity contribution in [2.24, 2.45) is 5.73 Å². The molecule has 0 aromatic carbocycles. The molecule has 1 aliphatic rings. The molecule has 0 radical (unpaired) electrons. The number of methoxy groups -OCH3 is 1. The van der Waals surface area contributed by atoms with E-state index in [0.717, 1.165) is 68.0 Å². The number of carbonyl (C=O) groups excluding carboxylic acids is 9. The molecule has 0 spiro atoms. The molecular weight excluding hydrogens is 1110 g/mol. The minimum absolute atomic E-state index is 0.0562. The lowest BCUT2D eigenvalue weighted by Crippen LogP contribution is -2.60. The highest BCUT2D eigenvalue weighted by Gasteiger charge is 2.33. The topological polar surface area (TPSA) is 272 Å². The van der Waals surface area contributed by atoms with Gasteiger partial charge in [0, 0.05) is 48.8 Å². The summed E-state index contributed by atoms with van der Waals surface area (Å²) in [5.74, 6) is -3.98. The van der Waals surface area contributed by atoms with Gasteiger partial charge in [-0.15, -0.1) is 0 Å². The zero-order valence-electron chi connectivity index (χ0n) is 51.4. The number of imide groups is 1. The highest BCUT2D eigenvalue weighted by molar-refractivity contribution is 8.13. The second-order valence-electron chi connectivity index (χ2n) is 21.8. The van der Waals surface area contributed by atoms with Crippen LogP contribution in [0.25, 0.3) is 0 Å². The zero-order chi connectivity index (χ0) is 61.6. The molecule has 1 rings (SSSR count). The van der Waals surface area contributed by atoms with Gasteiger partial charge in [0.05, 0.1) is 13.7 Å². The van der Waals surface area contributed by atoms with Crippen molar-refractivity contribution < 1.29 is 53.0 Å². The number of nitrogens with one attached hydrogen (secondary N) is 5. The van der Waals surface area contributed by atoms with Crippen LogP contribution >= 0.6 is 35.3 Å². The third-order valence-corrected chi connectivity index (χ3v) is 16.8. The second-order valence-corrected chi connectivity index (χ2v) is 24.9. The third-order valence-electron chi connectivity index (χ3n) is 14.1. The molecule has 8 N–H and O–H groups in total. The van der Waals surface area contributed by atoms with Crippen molar-refractivity contribution in [2.75, 3.05) is 56.1 Å². The van der Waals surface area contributed by atoms with Gasteiger partial charge >= 0.3 is 5.97 Å². The first-order valence-corrected chi connectivity index (χ1v) is 34.0. The normalized spacial score (nSPS) is 14.3. The molecular formula is C62H105N7O11S3. The summed E-state index contributed by atoms with van der Waals surface area (Å²) in [4.78, 5) is 121. The minimum atomic E-state index is -1.58. The SMILES string of the molecule is CCCCCCCCCCCCCCCC(=O)SC[C@H](NC(=O)[C@H](CO)NC(=O)[C@H](CCSC)NC(=O)CCCCCN1C(=O)C=CC1=O)C(=O)N[C@@H](CCCCN)C(=O)N[C@@H](CSC/C=C(\C)CC/C=C(\C)CCC=C(C)C)C(=O)OC. The molecule has 0 saturated heterocycles. The van der Waals surface area contributed by atoms with Crippen molar-refractivity contribution in [1.29, 1.82) is 0 Å². The molecule has 0 unspecified atom stereocenters. The number of rotatable bonds is 50. The number of nitrogens with zero attached hydrogens (tertiary/aromatic N) is 1. The van der Waals surface area contributed by atoms with Gasteiger partial charge in [0.15, 0.2) is 5.12 Å². The molecule has 0 aromatic rings. The van der Waals surface area contributed by atoms with E-state index in [1.54, 1.807) is 0 Å². The first-order valence-electron chi connectivity index (χ1n) is 30.5. The summed E-state index contributed by atoms with van der Waals surface area (Å²) in [5.41, 5.74) is 9.68. The molecule has 0 aliphatic carbocycles. The Morgan fingerprint density at radius 2 is 1.10 bits per heavy atom. The molecule has 1 heterocycles. The highest BCUT2D eigenvalue weighted by atomic mass is 32.2. The van der Waals surface area contributed by atoms with Crippen molar-refractivity contribution in [3.63, 3.8) is 0 Å². The highest BCUT2D eigenvalue weighted by Crippen LogP contribution is 2.18. The number of hydrogen-bond acceptors (Lipinski definition) is 15. The Morgan fingerprint density at radius 1 is 0.590 bits per heavy atom. The lowest BCUT2D eigenvalue weighted by atomic mass is 10.0. The van der Waals surface area contributed by atoms with Crippen LogP contribution in [0.2, 0.25) is 0 Å². The number of amides is 7. The summed E-state index contributed by atoms with van der Waals surface area (Å²) in [5, 5.41) is 23.7. The van der Waals surface area contributed by atoms with Crippen LogP contribution in [0.1, 0.15) is 202 Å². The predicted octanol–water partition coefficient (Wildman–Crippen LogP) is 8.84. The summed E-state index contributed by atoms with van der Waals surface area (Å²) in [6.07, 6.45) is 32.7. The van der Waals surface area contributed by atoms with Gasteiger partial charge in [-0.1, -0.05) is 137 Å². The average Bonchev–Trinajstić information content (AvgIpc) is 3.80. The van der Waals surface area contributed by atoms with Gasteiger partial charge in [0.1, 0.15) is 30.2 Å². The van der Waals surface area contributed by atoms with E-state index in [0.29, 0.717) is 56.6 Å². The first-order chi connectivity index (χ1) is 39.9. The Morgan fingerprint density at radius 3 is 1.67 bits per heavy atom. The largest absolute Gasteiger partial charge is 0.467 e. The fourth-order valence-electron chi connectivity index (χ4n) is 8.96. The summed E-state index contributed by atoms with van der Waals surface area (Å²) in [7, 11) is 1.23. The molecule has 21 heteroatoms. The Bertz CT molecular complexity index is 2070. The van der Waals surface area contributed by atoms with E-state index in [4.69, 9.17) is 10.5 Å². The fourth-order valence-corrected chi connectivity index (χ4v) is 11.3. The van der Waals surface area contributed by atoms with Crippen molar-refractivity contribution in [1.82, 2.24) is 31.5 Å². The van der Waals surface area contributed by atoms with Crippen molar-refractivity contribution in [3.8, 4) is 0 Å². The van der Waals surface area contributed by atoms with Crippen LogP contribution in [-0.4, -0.2) is 149 Å². The predicted molar refractivity (Wildman–Crippen MR) is 340 cm³/mol. The van der Waals surface area contributed by atoms with E-state index in [1.807, 2.05) is 6.26 Å². The van der Waals surface area contributed by atoms with Crippen LogP contribution in [0.3, 0.4) is 0 Å². The molecule has 0 aromatic heterocycles. The van der Waals surface area contributed by atoms with Gasteiger partial charge in [-0.25, -0.2) is 4.79 Å². The number of ether oxygens (including phenoxy) is 1. The van der Waals surface area contributed by atoms with E-state index in [2.05, 4.69) is 79.4 Å². The molecule has 5 atom stereocenters. The number of unbranched alkanes of at least 4 members (excludes halogenated alkanes) is 15. The molecule has 7 amide bonds. The van der Waals surface area contributed by atoms with Gasteiger partial charge in [-0.05, 0) is 117 Å². The van der Waals surface area contributed by atoms with Crippen LogP contribution in [0.4, 0.5) is 0 Å². The maximum absolute atomic E-state index is 14.4. The summed E-state index contributed by atoms with van der Waals surface area (Å²) < 4.78 is 5.07. The van der Waals surface area contributed by atoms with Crippen molar-refractivity contribution in [2.45, 2.75) is 232 Å². The number of esters is 1. The smallest absolute Gasteiger partial charge is 0.329 e. The standard InChI is InChI=1S/C62H105N7O11S3/c1-8-9-10-11-12-13-14-15-16-17-18-19-22-34-57(74)83-45-52(67-60(77)51(43-70)66-59(76)50(38-41-81-7)64-54(71)33-21-20-25-40-69-55(72)35-36-56(69)73)61(78)65-49(32-23-24-39-63)58(75)68-53(62(79)80-6)44-82-42-37-48(5)31-27-30-47(4)29-26-28-46(2)3/h28,30,35-37,49-53,70H,8-27,29,31-34,38-45,63H2,1-7H3,(H,64,71)(H,65,78)(H,66,76)(H,67,77)(H,68,75)/b47-30+,48-37+/t49-,50-,51-,52-,53-/m0/s1. The molecule has 18 nitrogen and oxygen atoms in total. The van der Waals surface area contributed by atoms with Crippen molar-refractivity contribution >= 4 is 87.7 Å². The van der Waals surface area contributed by atoms with E-state index >= 15 is 0 Å². The van der Waals surface area contributed by atoms with E-state index in [1.165, 1.54) is 111 Å². The summed E-state index contributed by atoms with van der Waals surface area (Å²) in [6, 6.07) is -6.32. The summed E-state index contributed by atoms with van der Waals surface area (Å²) in [6.45, 7) is 10.3. The van der Waals surface area contributed by atoms with Gasteiger partial charge in [0.25, 0.3) is 11.8 Å². The molecule has 0 fully saturated rings. The quantitative estimate of drug-likeness (QED) is 0.0130. The monoisotopic (exact) mass is 1220 g/mol. The minimum Gasteiger partial charge on any atom is -0.467 e. The number of aliphatic hydroxyl groups excluding tert-OH is 1. The number of nitrogens with two attached hydrogens (primary N) is 1. The van der Waals surface area contributed by atoms with Crippen LogP contribution in [0, 0.1) is 0 Å². The van der Waals surface area contributed by atoms with Crippen molar-refractivity contribution in [3.05, 3.63) is 47.1 Å². The molecule has 0 bridgehead atoms. The van der Waals surface area contributed by atoms with Gasteiger partial charge < -0.3 is 42.2 Å². The average molecular weight is 1220 g/mol. The van der Waals surface area contributed by atoms with Crippen LogP contribution in [0.5, 0.6) is 0 Å². The number of carbonyl (C=O) groups is 9. The Kier molecular flexibility index (Phi) is 45.0. The summed E-state index contributed by atoms with van der Waals surface area (Å²) >= 11 is 3.75. The van der Waals surface area contributed by atoms with Crippen LogP contribution < -0.4 is 32.3 Å². The Hall–Kier alpha value is -4.44. The van der Waals surface area contributed by atoms with Crippen LogP contribution in [-0.2, 0) is 47.9 Å². The molecule has 1 aliphatic heterocycles. The number of thioether (sulfide) groups is 3. The number of allylic oxidation sites excluding steroid dienone is 5. The molecule has 0 saturated carbocycles. The van der Waals surface area contributed by atoms with Crippen LogP contribution in [0.15, 0.2) is 47.1 Å². The lowest BCUT2D eigenvalue weighted by Gasteiger charge is -2.26. The maximum atomic E-state index is 14.4. The fraction of sp³-hybridized carbons (Fsp3) is 0.726. The lowest BCUT2D eigenvalue weighted by molar-refractivity contribution is -0.144.